The van der Waals surface area contributed by atoms with Crippen molar-refractivity contribution in [3.63, 3.8) is 0 Å². The molecule has 1 aromatic carbocycles. The Kier molecular flexibility index (Phi) is 8.11. The Bertz CT molecular complexity index is 502. The van der Waals surface area contributed by atoms with E-state index in [-0.39, 0.29) is 11.9 Å². The maximum absolute atomic E-state index is 11.9. The molecular formula is C17H27N3O3. The van der Waals surface area contributed by atoms with Gasteiger partial charge in [0, 0.05) is 6.54 Å². The number of aryl methyl sites for hydroxylation is 1. The first-order valence-electron chi connectivity index (χ1n) is 7.89. The van der Waals surface area contributed by atoms with Crippen LogP contribution in [-0.2, 0) is 11.2 Å². The van der Waals surface area contributed by atoms with Gasteiger partial charge in [0.25, 0.3) is 0 Å². The van der Waals surface area contributed by atoms with Gasteiger partial charge in [0.05, 0.1) is 13.2 Å². The summed E-state index contributed by atoms with van der Waals surface area (Å²) in [6.45, 7) is 4.86. The van der Waals surface area contributed by atoms with Crippen LogP contribution in [0, 0.1) is 0 Å². The molecule has 0 aliphatic heterocycles. The van der Waals surface area contributed by atoms with E-state index in [1.165, 1.54) is 5.56 Å². The summed E-state index contributed by atoms with van der Waals surface area (Å²) in [5.74, 6) is 0.560. The van der Waals surface area contributed by atoms with Gasteiger partial charge in [0.15, 0.2) is 0 Å². The van der Waals surface area contributed by atoms with Crippen LogP contribution >= 0.6 is 0 Å². The highest BCUT2D eigenvalue weighted by Crippen LogP contribution is 2.12. The van der Waals surface area contributed by atoms with Crippen LogP contribution < -0.4 is 15.4 Å². The molecule has 0 saturated heterocycles. The Morgan fingerprint density at radius 1 is 1.26 bits per heavy atom. The fraction of sp³-hybridized carbons (Fsp3) is 0.529. The van der Waals surface area contributed by atoms with Crippen molar-refractivity contribution in [2.75, 3.05) is 27.2 Å². The van der Waals surface area contributed by atoms with Crippen LogP contribution in [0.15, 0.2) is 24.3 Å². The first kappa shape index (κ1) is 19.0. The SMILES string of the molecule is CCNC(=O)NC(=O)[C@@H](C)N(C)CCCc1ccc(OC)cc1. The molecule has 0 spiro atoms. The maximum Gasteiger partial charge on any atom is 0.321 e. The molecule has 6 nitrogen and oxygen atoms in total. The average molecular weight is 321 g/mol. The standard InChI is InChI=1S/C17H27N3O3/c1-5-18-17(22)19-16(21)13(2)20(3)12-6-7-14-8-10-15(23-4)11-9-14/h8-11,13H,5-7,12H2,1-4H3,(H2,18,19,21,22)/t13-/m1/s1. The van der Waals surface area contributed by atoms with Crippen LogP contribution in [0.3, 0.4) is 0 Å². The van der Waals surface area contributed by atoms with Crippen molar-refractivity contribution in [1.29, 1.82) is 0 Å². The van der Waals surface area contributed by atoms with Gasteiger partial charge in [0.1, 0.15) is 5.75 Å². The molecule has 0 saturated carbocycles. The van der Waals surface area contributed by atoms with Crippen molar-refractivity contribution in [3.8, 4) is 5.75 Å². The largest absolute Gasteiger partial charge is 0.497 e. The number of hydrogen-bond acceptors (Lipinski definition) is 4. The zero-order valence-corrected chi connectivity index (χ0v) is 14.4. The molecule has 0 aromatic heterocycles. The lowest BCUT2D eigenvalue weighted by molar-refractivity contribution is -0.124. The van der Waals surface area contributed by atoms with Gasteiger partial charge in [-0.1, -0.05) is 12.1 Å². The highest BCUT2D eigenvalue weighted by atomic mass is 16.5. The average Bonchev–Trinajstić information content (AvgIpc) is 2.54. The molecule has 0 heterocycles. The molecule has 6 heteroatoms. The lowest BCUT2D eigenvalue weighted by atomic mass is 10.1. The third-order valence-electron chi connectivity index (χ3n) is 3.75. The maximum atomic E-state index is 11.9. The summed E-state index contributed by atoms with van der Waals surface area (Å²) in [6, 6.07) is 7.18. The zero-order valence-electron chi connectivity index (χ0n) is 14.4. The number of methoxy groups -OCH3 is 1. The van der Waals surface area contributed by atoms with Crippen molar-refractivity contribution in [2.45, 2.75) is 32.7 Å². The minimum Gasteiger partial charge on any atom is -0.497 e. The molecule has 1 atom stereocenters. The fourth-order valence-corrected chi connectivity index (χ4v) is 2.14. The number of likely N-dealkylation sites (N-methyl/N-ethyl adjacent to an activating group) is 1. The summed E-state index contributed by atoms with van der Waals surface area (Å²) in [7, 11) is 3.53. The summed E-state index contributed by atoms with van der Waals surface area (Å²) in [4.78, 5) is 25.2. The van der Waals surface area contributed by atoms with Crippen LogP contribution in [0.4, 0.5) is 4.79 Å². The summed E-state index contributed by atoms with van der Waals surface area (Å²) < 4.78 is 5.13. The van der Waals surface area contributed by atoms with Gasteiger partial charge in [-0.25, -0.2) is 4.79 Å². The third kappa shape index (κ3) is 6.69. The van der Waals surface area contributed by atoms with Crippen molar-refractivity contribution in [1.82, 2.24) is 15.5 Å². The second-order valence-corrected chi connectivity index (χ2v) is 5.46. The number of hydrogen-bond donors (Lipinski definition) is 2. The minimum atomic E-state index is -0.448. The van der Waals surface area contributed by atoms with E-state index in [4.69, 9.17) is 4.74 Å². The number of ether oxygens (including phenoxy) is 1. The Balaban J connectivity index is 2.35. The normalized spacial score (nSPS) is 11.9. The summed E-state index contributed by atoms with van der Waals surface area (Å²) in [6.07, 6.45) is 1.86. The molecule has 1 aromatic rings. The predicted molar refractivity (Wildman–Crippen MR) is 90.6 cm³/mol. The zero-order chi connectivity index (χ0) is 17.2. The number of carbonyl (C=O) groups is 2. The van der Waals surface area contributed by atoms with Gasteiger partial charge < -0.3 is 10.1 Å². The summed E-state index contributed by atoms with van der Waals surface area (Å²) >= 11 is 0. The van der Waals surface area contributed by atoms with Crippen molar-refractivity contribution in [2.24, 2.45) is 0 Å². The van der Waals surface area contributed by atoms with Crippen LogP contribution in [0.2, 0.25) is 0 Å². The van der Waals surface area contributed by atoms with E-state index >= 15 is 0 Å². The van der Waals surface area contributed by atoms with Gasteiger partial charge in [-0.3, -0.25) is 15.0 Å². The fourth-order valence-electron chi connectivity index (χ4n) is 2.14. The number of nitrogens with zero attached hydrogens (tertiary/aromatic N) is 1. The smallest absolute Gasteiger partial charge is 0.321 e. The minimum absolute atomic E-state index is 0.289. The van der Waals surface area contributed by atoms with E-state index in [2.05, 4.69) is 10.6 Å². The molecule has 0 unspecified atom stereocenters. The molecule has 0 fully saturated rings. The van der Waals surface area contributed by atoms with E-state index < -0.39 is 6.03 Å². The number of rotatable bonds is 8. The molecule has 2 N–H and O–H groups in total. The van der Waals surface area contributed by atoms with Crippen molar-refractivity contribution < 1.29 is 14.3 Å². The summed E-state index contributed by atoms with van der Waals surface area (Å²) in [5, 5.41) is 4.88. The van der Waals surface area contributed by atoms with E-state index in [0.29, 0.717) is 6.54 Å². The third-order valence-corrected chi connectivity index (χ3v) is 3.75. The monoisotopic (exact) mass is 321 g/mol. The van der Waals surface area contributed by atoms with Gasteiger partial charge in [-0.2, -0.15) is 0 Å². The number of amides is 3. The molecule has 23 heavy (non-hydrogen) atoms. The molecule has 0 radical (unpaired) electrons. The lowest BCUT2D eigenvalue weighted by Gasteiger charge is -2.23. The van der Waals surface area contributed by atoms with Crippen LogP contribution in [-0.4, -0.2) is 50.1 Å². The Morgan fingerprint density at radius 3 is 2.48 bits per heavy atom. The molecule has 1 rings (SSSR count). The van der Waals surface area contributed by atoms with Gasteiger partial charge in [-0.05, 0) is 58.0 Å². The van der Waals surface area contributed by atoms with Crippen molar-refractivity contribution in [3.05, 3.63) is 29.8 Å². The number of nitrogens with one attached hydrogen (secondary N) is 2. The number of urea groups is 1. The molecular weight excluding hydrogens is 294 g/mol. The number of carbonyl (C=O) groups excluding carboxylic acids is 2. The quantitative estimate of drug-likeness (QED) is 0.766. The van der Waals surface area contributed by atoms with Gasteiger partial charge >= 0.3 is 6.03 Å². The van der Waals surface area contributed by atoms with E-state index in [1.54, 1.807) is 21.0 Å². The van der Waals surface area contributed by atoms with Crippen LogP contribution in [0.5, 0.6) is 5.75 Å². The molecule has 128 valence electrons. The molecule has 0 bridgehead atoms. The lowest BCUT2D eigenvalue weighted by Crippen LogP contribution is -2.48. The van der Waals surface area contributed by atoms with E-state index in [0.717, 1.165) is 25.1 Å². The first-order valence-corrected chi connectivity index (χ1v) is 7.89. The Morgan fingerprint density at radius 2 is 1.91 bits per heavy atom. The van der Waals surface area contributed by atoms with Crippen LogP contribution in [0.25, 0.3) is 0 Å². The summed E-state index contributed by atoms with van der Waals surface area (Å²) in [5.41, 5.74) is 1.23. The van der Waals surface area contributed by atoms with Crippen LogP contribution in [0.1, 0.15) is 25.8 Å². The van der Waals surface area contributed by atoms with E-state index in [9.17, 15) is 9.59 Å². The second kappa shape index (κ2) is 9.84. The highest BCUT2D eigenvalue weighted by Gasteiger charge is 2.19. The highest BCUT2D eigenvalue weighted by molar-refractivity contribution is 5.96. The molecule has 3 amide bonds. The molecule has 0 aliphatic rings. The molecule has 0 aliphatic carbocycles. The van der Waals surface area contributed by atoms with Gasteiger partial charge in [0.2, 0.25) is 5.91 Å². The number of benzene rings is 1. The Hall–Kier alpha value is -2.08. The Labute approximate surface area is 138 Å². The predicted octanol–water partition coefficient (Wildman–Crippen LogP) is 1.79. The van der Waals surface area contributed by atoms with Gasteiger partial charge in [-0.15, -0.1) is 0 Å². The first-order chi connectivity index (χ1) is 11.0. The van der Waals surface area contributed by atoms with Crippen molar-refractivity contribution >= 4 is 11.9 Å². The topological polar surface area (TPSA) is 70.7 Å². The second-order valence-electron chi connectivity index (χ2n) is 5.46. The number of imide groups is 1. The van der Waals surface area contributed by atoms with E-state index in [1.807, 2.05) is 36.2 Å².